The van der Waals surface area contributed by atoms with Crippen LogP contribution in [0.1, 0.15) is 43.1 Å². The van der Waals surface area contributed by atoms with Gasteiger partial charge in [0.05, 0.1) is 38.3 Å². The van der Waals surface area contributed by atoms with Crippen LogP contribution in [0.2, 0.25) is 0 Å². The molecule has 0 radical (unpaired) electrons. The van der Waals surface area contributed by atoms with Gasteiger partial charge in [0.15, 0.2) is 17.3 Å². The SMILES string of the molecule is COC1=CC(=O)c2nc(-c3nc(OCc4ccccc4)c(C)c(-c4ccc(OC)c(OC)c4OCc4ccccc4)c3NC(=O)OCc3ccccc3)ccc2C1=O. The van der Waals surface area contributed by atoms with Gasteiger partial charge in [0, 0.05) is 22.8 Å². The van der Waals surface area contributed by atoms with Gasteiger partial charge in [-0.3, -0.25) is 14.9 Å². The number of nitrogens with zero attached hydrogens (tertiary/aromatic N) is 2. The fraction of sp³-hybridized carbons (Fsp3) is 0.152. The van der Waals surface area contributed by atoms with Crippen LogP contribution in [0.15, 0.2) is 127 Å². The summed E-state index contributed by atoms with van der Waals surface area (Å²) in [4.78, 5) is 50.0. The van der Waals surface area contributed by atoms with Gasteiger partial charge in [-0.2, -0.15) is 0 Å². The van der Waals surface area contributed by atoms with Crippen LogP contribution in [-0.2, 0) is 29.3 Å². The van der Waals surface area contributed by atoms with Crippen LogP contribution in [0.3, 0.4) is 0 Å². The van der Waals surface area contributed by atoms with E-state index in [1.54, 1.807) is 18.2 Å². The third-order valence-electron chi connectivity index (χ3n) is 9.37. The lowest BCUT2D eigenvalue weighted by molar-refractivity contribution is 0.0914. The van der Waals surface area contributed by atoms with Crippen molar-refractivity contribution in [2.45, 2.75) is 26.7 Å². The number of hydrogen-bond acceptors (Lipinski definition) is 11. The van der Waals surface area contributed by atoms with E-state index in [1.807, 2.05) is 97.9 Å². The predicted molar refractivity (Wildman–Crippen MR) is 216 cm³/mol. The molecule has 12 heteroatoms. The van der Waals surface area contributed by atoms with Crippen LogP contribution in [0.4, 0.5) is 10.5 Å². The number of anilines is 1. The molecule has 2 heterocycles. The van der Waals surface area contributed by atoms with Crippen LogP contribution in [0, 0.1) is 6.92 Å². The number of pyridine rings is 2. The minimum atomic E-state index is -0.797. The zero-order valence-corrected chi connectivity index (χ0v) is 32.2. The van der Waals surface area contributed by atoms with Crippen molar-refractivity contribution in [2.75, 3.05) is 26.6 Å². The zero-order chi connectivity index (χ0) is 40.6. The Balaban J connectivity index is 1.46. The number of allylic oxidation sites excluding steroid dienone is 2. The monoisotopic (exact) mass is 777 g/mol. The Morgan fingerprint density at radius 1 is 0.621 bits per heavy atom. The average Bonchev–Trinajstić information content (AvgIpc) is 3.26. The van der Waals surface area contributed by atoms with Crippen molar-refractivity contribution in [3.05, 3.63) is 161 Å². The molecule has 0 spiro atoms. The fourth-order valence-electron chi connectivity index (χ4n) is 6.49. The summed E-state index contributed by atoms with van der Waals surface area (Å²) in [6.07, 6.45) is 0.304. The van der Waals surface area contributed by atoms with Crippen molar-refractivity contribution in [2.24, 2.45) is 0 Å². The molecule has 1 aliphatic rings. The number of carbonyl (C=O) groups is 3. The first-order chi connectivity index (χ1) is 28.3. The Bertz CT molecular complexity index is 2510. The second kappa shape index (κ2) is 17.5. The molecule has 0 unspecified atom stereocenters. The van der Waals surface area contributed by atoms with Crippen LogP contribution in [-0.4, -0.2) is 49.0 Å². The Morgan fingerprint density at radius 2 is 1.22 bits per heavy atom. The van der Waals surface area contributed by atoms with Crippen molar-refractivity contribution in [3.8, 4) is 45.6 Å². The number of hydrogen-bond donors (Lipinski definition) is 1. The standard InChI is InChI=1S/C46H39N3O9/c1-28-38(32-21-23-36(53-2)44(55-4)43(32)56-25-29-14-8-5-9-15-29)41(49-46(52)58-27-31-18-12-7-13-19-31)40(48-45(28)57-26-30-16-10-6-11-17-30)34-22-20-33-39(47-34)35(50)24-37(54-3)42(33)51/h5-24H,25-27H2,1-4H3,(H,49,52). The van der Waals surface area contributed by atoms with Crippen molar-refractivity contribution >= 4 is 23.3 Å². The number of fused-ring (bicyclic) bond motifs is 1. The third kappa shape index (κ3) is 8.21. The van der Waals surface area contributed by atoms with E-state index in [-0.39, 0.29) is 59.8 Å². The molecule has 292 valence electrons. The van der Waals surface area contributed by atoms with E-state index in [0.29, 0.717) is 33.9 Å². The molecule has 1 N–H and O–H groups in total. The van der Waals surface area contributed by atoms with E-state index in [4.69, 9.17) is 33.4 Å². The highest BCUT2D eigenvalue weighted by Crippen LogP contribution is 2.50. The van der Waals surface area contributed by atoms with Crippen LogP contribution in [0.5, 0.6) is 23.1 Å². The highest BCUT2D eigenvalue weighted by atomic mass is 16.5. The van der Waals surface area contributed by atoms with Gasteiger partial charge in [0.1, 0.15) is 31.2 Å². The number of Topliss-reactive ketones (excluding diaryl/α,β-unsaturated/α-hetero) is 1. The molecule has 1 amide bonds. The molecular weight excluding hydrogens is 739 g/mol. The first kappa shape index (κ1) is 38.8. The van der Waals surface area contributed by atoms with Crippen LogP contribution >= 0.6 is 0 Å². The number of rotatable bonds is 14. The molecule has 0 saturated carbocycles. The topological polar surface area (TPSA) is 144 Å². The maximum Gasteiger partial charge on any atom is 0.412 e. The summed E-state index contributed by atoms with van der Waals surface area (Å²) >= 11 is 0. The molecule has 58 heavy (non-hydrogen) atoms. The molecule has 6 aromatic rings. The van der Waals surface area contributed by atoms with Crippen molar-refractivity contribution < 1.29 is 42.8 Å². The summed E-state index contributed by atoms with van der Waals surface area (Å²) in [7, 11) is 4.35. The zero-order valence-electron chi connectivity index (χ0n) is 32.2. The van der Waals surface area contributed by atoms with Gasteiger partial charge in [-0.05, 0) is 47.9 Å². The normalized spacial score (nSPS) is 11.9. The summed E-state index contributed by atoms with van der Waals surface area (Å²) in [6, 6.07) is 35.0. The number of nitrogens with one attached hydrogen (secondary N) is 1. The van der Waals surface area contributed by atoms with E-state index in [0.717, 1.165) is 22.8 Å². The maximum atomic E-state index is 13.9. The first-order valence-corrected chi connectivity index (χ1v) is 18.3. The predicted octanol–water partition coefficient (Wildman–Crippen LogP) is 8.95. The van der Waals surface area contributed by atoms with Gasteiger partial charge in [-0.15, -0.1) is 0 Å². The number of aromatic nitrogens is 2. The Kier molecular flexibility index (Phi) is 11.7. The summed E-state index contributed by atoms with van der Waals surface area (Å²) in [5.41, 5.74) is 4.38. The molecule has 2 aromatic heterocycles. The highest BCUT2D eigenvalue weighted by Gasteiger charge is 2.31. The lowest BCUT2D eigenvalue weighted by atomic mass is 9.94. The van der Waals surface area contributed by atoms with Gasteiger partial charge in [-0.25, -0.2) is 14.8 Å². The van der Waals surface area contributed by atoms with Gasteiger partial charge in [0.25, 0.3) is 0 Å². The molecule has 0 bridgehead atoms. The Morgan fingerprint density at radius 3 is 1.83 bits per heavy atom. The molecule has 1 aliphatic carbocycles. The van der Waals surface area contributed by atoms with Crippen molar-refractivity contribution in [1.29, 1.82) is 0 Å². The largest absolute Gasteiger partial charge is 0.493 e. The summed E-state index contributed by atoms with van der Waals surface area (Å²) in [5.74, 6) is 0.0839. The lowest BCUT2D eigenvalue weighted by Gasteiger charge is -2.24. The molecule has 0 saturated heterocycles. The maximum absolute atomic E-state index is 13.9. The molecule has 7 rings (SSSR count). The number of methoxy groups -OCH3 is 3. The van der Waals surface area contributed by atoms with E-state index < -0.39 is 17.7 Å². The van der Waals surface area contributed by atoms with E-state index in [1.165, 1.54) is 27.4 Å². The number of carbonyl (C=O) groups excluding carboxylic acids is 3. The molecule has 0 fully saturated rings. The first-order valence-electron chi connectivity index (χ1n) is 18.3. The summed E-state index contributed by atoms with van der Waals surface area (Å²) in [5, 5.41) is 2.94. The Labute approximate surface area is 335 Å². The molecule has 4 aromatic carbocycles. The second-order valence-electron chi connectivity index (χ2n) is 13.1. The average molecular weight is 778 g/mol. The van der Waals surface area contributed by atoms with Gasteiger partial charge < -0.3 is 28.4 Å². The highest BCUT2D eigenvalue weighted by molar-refractivity contribution is 6.23. The second-order valence-corrected chi connectivity index (χ2v) is 13.1. The summed E-state index contributed by atoms with van der Waals surface area (Å²) < 4.78 is 35.5. The Hall–Kier alpha value is -7.47. The quantitative estimate of drug-likeness (QED) is 0.113. The number of ether oxygens (including phenoxy) is 6. The number of benzene rings is 4. The van der Waals surface area contributed by atoms with Crippen molar-refractivity contribution in [1.82, 2.24) is 9.97 Å². The van der Waals surface area contributed by atoms with Gasteiger partial charge >= 0.3 is 6.09 Å². The van der Waals surface area contributed by atoms with Gasteiger partial charge in [-0.1, -0.05) is 91.0 Å². The number of amides is 1. The summed E-state index contributed by atoms with van der Waals surface area (Å²) in [6.45, 7) is 2.10. The van der Waals surface area contributed by atoms with Gasteiger partial charge in [0.2, 0.25) is 23.2 Å². The van der Waals surface area contributed by atoms with Crippen molar-refractivity contribution in [3.63, 3.8) is 0 Å². The van der Waals surface area contributed by atoms with E-state index in [2.05, 4.69) is 10.3 Å². The minimum absolute atomic E-state index is 0.0221. The molecule has 12 nitrogen and oxygen atoms in total. The smallest absolute Gasteiger partial charge is 0.412 e. The lowest BCUT2D eigenvalue weighted by Crippen LogP contribution is -2.20. The fourth-order valence-corrected chi connectivity index (χ4v) is 6.49. The van der Waals surface area contributed by atoms with E-state index >= 15 is 0 Å². The van der Waals surface area contributed by atoms with Crippen LogP contribution < -0.4 is 24.3 Å². The van der Waals surface area contributed by atoms with Crippen LogP contribution in [0.25, 0.3) is 22.5 Å². The molecular formula is C46H39N3O9. The number of ketones is 2. The minimum Gasteiger partial charge on any atom is -0.493 e. The van der Waals surface area contributed by atoms with E-state index in [9.17, 15) is 14.4 Å². The molecule has 0 atom stereocenters. The molecule has 0 aliphatic heterocycles. The third-order valence-corrected chi connectivity index (χ3v) is 9.37.